The number of rotatable bonds is 5. The van der Waals surface area contributed by atoms with Gasteiger partial charge in [-0.3, -0.25) is 0 Å². The normalized spacial score (nSPS) is 15.6. The molecule has 1 aliphatic heterocycles. The lowest BCUT2D eigenvalue weighted by atomic mass is 10.1. The number of nitrogens with zero attached hydrogens (tertiary/aromatic N) is 1. The van der Waals surface area contributed by atoms with Crippen LogP contribution >= 0.6 is 0 Å². The van der Waals surface area contributed by atoms with Crippen LogP contribution in [0.3, 0.4) is 0 Å². The van der Waals surface area contributed by atoms with Crippen molar-refractivity contribution in [1.82, 2.24) is 4.31 Å². The molecule has 5 nitrogen and oxygen atoms in total. The van der Waals surface area contributed by atoms with E-state index >= 15 is 0 Å². The highest BCUT2D eigenvalue weighted by Crippen LogP contribution is 2.24. The fraction of sp³-hybridized carbons (Fsp3) is 0.350. The molecule has 0 amide bonds. The van der Waals surface area contributed by atoms with Gasteiger partial charge in [-0.25, -0.2) is 13.2 Å². The maximum Gasteiger partial charge on any atom is 0.338 e. The first-order valence-electron chi connectivity index (χ1n) is 8.80. The van der Waals surface area contributed by atoms with E-state index in [1.807, 2.05) is 30.3 Å². The van der Waals surface area contributed by atoms with Gasteiger partial charge >= 0.3 is 5.97 Å². The van der Waals surface area contributed by atoms with Gasteiger partial charge in [-0.15, -0.1) is 0 Å². The van der Waals surface area contributed by atoms with Crippen LogP contribution in [0.1, 0.15) is 40.7 Å². The summed E-state index contributed by atoms with van der Waals surface area (Å²) < 4.78 is 32.7. The monoisotopic (exact) mass is 373 g/mol. The molecule has 1 saturated heterocycles. The number of sulfonamides is 1. The molecular formula is C20H23NO4S. The highest BCUT2D eigenvalue weighted by atomic mass is 32.2. The highest BCUT2D eigenvalue weighted by molar-refractivity contribution is 7.89. The third-order valence-electron chi connectivity index (χ3n) is 4.57. The first kappa shape index (κ1) is 18.6. The van der Waals surface area contributed by atoms with Crippen LogP contribution in [0.4, 0.5) is 0 Å². The van der Waals surface area contributed by atoms with Crippen molar-refractivity contribution in [3.05, 3.63) is 65.2 Å². The fourth-order valence-electron chi connectivity index (χ4n) is 3.06. The maximum atomic E-state index is 12.9. The molecule has 0 atom stereocenters. The van der Waals surface area contributed by atoms with Gasteiger partial charge in [-0.2, -0.15) is 4.31 Å². The molecule has 1 heterocycles. The Balaban J connectivity index is 1.79. The Hall–Kier alpha value is -2.18. The second-order valence-electron chi connectivity index (χ2n) is 6.51. The van der Waals surface area contributed by atoms with Gasteiger partial charge in [0.2, 0.25) is 10.0 Å². The van der Waals surface area contributed by atoms with E-state index in [1.165, 1.54) is 10.4 Å². The minimum Gasteiger partial charge on any atom is -0.457 e. The molecule has 0 saturated carbocycles. The number of esters is 1. The topological polar surface area (TPSA) is 63.7 Å². The maximum absolute atomic E-state index is 12.9. The number of benzene rings is 2. The van der Waals surface area contributed by atoms with Crippen molar-refractivity contribution in [1.29, 1.82) is 0 Å². The van der Waals surface area contributed by atoms with Gasteiger partial charge in [0.15, 0.2) is 0 Å². The summed E-state index contributed by atoms with van der Waals surface area (Å²) in [5.41, 5.74) is 1.77. The first-order chi connectivity index (χ1) is 12.5. The Morgan fingerprint density at radius 1 is 1.04 bits per heavy atom. The number of hydrogen-bond acceptors (Lipinski definition) is 4. The quantitative estimate of drug-likeness (QED) is 0.752. The summed E-state index contributed by atoms with van der Waals surface area (Å²) in [5, 5.41) is 0. The molecule has 0 bridgehead atoms. The van der Waals surface area contributed by atoms with Crippen molar-refractivity contribution in [3.8, 4) is 0 Å². The molecule has 0 radical (unpaired) electrons. The average molecular weight is 373 g/mol. The standard InChI is InChI=1S/C20H23NO4S/c1-16-10-11-18(20(22)25-15-17-8-4-2-5-9-17)14-19(16)26(23,24)21-12-6-3-7-13-21/h2,4-5,8-11,14H,3,6-7,12-13,15H2,1H3. The Kier molecular flexibility index (Phi) is 5.74. The van der Waals surface area contributed by atoms with E-state index in [9.17, 15) is 13.2 Å². The number of hydrogen-bond donors (Lipinski definition) is 0. The SMILES string of the molecule is Cc1ccc(C(=O)OCc2ccccc2)cc1S(=O)(=O)N1CCCCC1. The average Bonchev–Trinajstić information content (AvgIpc) is 2.68. The zero-order chi connectivity index (χ0) is 18.6. The molecule has 26 heavy (non-hydrogen) atoms. The van der Waals surface area contributed by atoms with Crippen LogP contribution in [0.2, 0.25) is 0 Å². The lowest BCUT2D eigenvalue weighted by Crippen LogP contribution is -2.36. The van der Waals surface area contributed by atoms with Crippen LogP contribution in [-0.4, -0.2) is 31.8 Å². The van der Waals surface area contributed by atoms with Crippen LogP contribution in [0.25, 0.3) is 0 Å². The number of carbonyl (C=O) groups is 1. The minimum atomic E-state index is -3.59. The van der Waals surface area contributed by atoms with Gasteiger partial charge < -0.3 is 4.74 Å². The van der Waals surface area contributed by atoms with E-state index in [4.69, 9.17) is 4.74 Å². The Morgan fingerprint density at radius 2 is 1.73 bits per heavy atom. The number of aryl methyl sites for hydroxylation is 1. The van der Waals surface area contributed by atoms with E-state index in [0.29, 0.717) is 18.7 Å². The summed E-state index contributed by atoms with van der Waals surface area (Å²) >= 11 is 0. The number of piperidine rings is 1. The van der Waals surface area contributed by atoms with Crippen molar-refractivity contribution < 1.29 is 17.9 Å². The zero-order valence-electron chi connectivity index (χ0n) is 14.8. The molecule has 1 aliphatic rings. The van der Waals surface area contributed by atoms with Crippen molar-refractivity contribution in [2.75, 3.05) is 13.1 Å². The van der Waals surface area contributed by atoms with Gasteiger partial charge in [0.05, 0.1) is 10.5 Å². The lowest BCUT2D eigenvalue weighted by Gasteiger charge is -2.26. The number of carbonyl (C=O) groups excluding carboxylic acids is 1. The third-order valence-corrected chi connectivity index (χ3v) is 6.61. The summed E-state index contributed by atoms with van der Waals surface area (Å²) in [7, 11) is -3.59. The summed E-state index contributed by atoms with van der Waals surface area (Å²) in [5.74, 6) is -0.524. The molecule has 138 valence electrons. The second kappa shape index (κ2) is 8.01. The van der Waals surface area contributed by atoms with Crippen molar-refractivity contribution in [2.24, 2.45) is 0 Å². The lowest BCUT2D eigenvalue weighted by molar-refractivity contribution is 0.0472. The van der Waals surface area contributed by atoms with Crippen LogP contribution in [0.5, 0.6) is 0 Å². The first-order valence-corrected chi connectivity index (χ1v) is 10.2. The van der Waals surface area contributed by atoms with Crippen LogP contribution in [0.15, 0.2) is 53.4 Å². The molecule has 0 N–H and O–H groups in total. The second-order valence-corrected chi connectivity index (χ2v) is 8.41. The molecule has 6 heteroatoms. The smallest absolute Gasteiger partial charge is 0.338 e. The molecule has 2 aromatic carbocycles. The molecule has 0 aromatic heterocycles. The summed E-state index contributed by atoms with van der Waals surface area (Å²) in [4.78, 5) is 12.5. The van der Waals surface area contributed by atoms with Crippen molar-refractivity contribution >= 4 is 16.0 Å². The zero-order valence-corrected chi connectivity index (χ0v) is 15.7. The largest absolute Gasteiger partial charge is 0.457 e. The van der Waals surface area contributed by atoms with Crippen LogP contribution < -0.4 is 0 Å². The van der Waals surface area contributed by atoms with Crippen molar-refractivity contribution in [2.45, 2.75) is 37.7 Å². The van der Waals surface area contributed by atoms with E-state index in [1.54, 1.807) is 19.1 Å². The Morgan fingerprint density at radius 3 is 2.42 bits per heavy atom. The molecule has 0 spiro atoms. The number of ether oxygens (including phenoxy) is 1. The van der Waals surface area contributed by atoms with Gasteiger partial charge in [0.1, 0.15) is 6.61 Å². The molecule has 0 unspecified atom stereocenters. The third kappa shape index (κ3) is 4.14. The van der Waals surface area contributed by atoms with E-state index in [-0.39, 0.29) is 17.1 Å². The molecule has 2 aromatic rings. The molecule has 3 rings (SSSR count). The predicted octanol–water partition coefficient (Wildman–Crippen LogP) is 3.53. The van der Waals surface area contributed by atoms with E-state index in [2.05, 4.69) is 0 Å². The van der Waals surface area contributed by atoms with Crippen LogP contribution in [0, 0.1) is 6.92 Å². The van der Waals surface area contributed by atoms with Crippen molar-refractivity contribution in [3.63, 3.8) is 0 Å². The van der Waals surface area contributed by atoms with Gasteiger partial charge in [-0.1, -0.05) is 42.8 Å². The summed E-state index contributed by atoms with van der Waals surface area (Å²) in [6.07, 6.45) is 2.80. The highest BCUT2D eigenvalue weighted by Gasteiger charge is 2.28. The molecule has 1 fully saturated rings. The van der Waals surface area contributed by atoms with Gasteiger partial charge in [0, 0.05) is 13.1 Å². The van der Waals surface area contributed by atoms with Crippen LogP contribution in [-0.2, 0) is 21.4 Å². The fourth-order valence-corrected chi connectivity index (χ4v) is 4.82. The minimum absolute atomic E-state index is 0.155. The summed E-state index contributed by atoms with van der Waals surface area (Å²) in [6, 6.07) is 14.1. The van der Waals surface area contributed by atoms with E-state index in [0.717, 1.165) is 24.8 Å². The molecular weight excluding hydrogens is 350 g/mol. The van der Waals surface area contributed by atoms with E-state index < -0.39 is 16.0 Å². The Bertz CT molecular complexity index is 872. The molecule has 0 aliphatic carbocycles. The summed E-state index contributed by atoms with van der Waals surface area (Å²) in [6.45, 7) is 2.96. The van der Waals surface area contributed by atoms with Gasteiger partial charge in [0.25, 0.3) is 0 Å². The predicted molar refractivity (Wildman–Crippen MR) is 99.4 cm³/mol. The van der Waals surface area contributed by atoms with Gasteiger partial charge in [-0.05, 0) is 43.0 Å². The Labute approximate surface area is 154 Å².